The Morgan fingerprint density at radius 3 is 2.45 bits per heavy atom. The highest BCUT2D eigenvalue weighted by Crippen LogP contribution is 2.22. The van der Waals surface area contributed by atoms with E-state index in [4.69, 9.17) is 9.25 Å². The number of benzene rings is 1. The molecule has 0 fully saturated rings. The second-order valence-electron chi connectivity index (χ2n) is 4.16. The van der Waals surface area contributed by atoms with Gasteiger partial charge in [0.1, 0.15) is 5.76 Å². The summed E-state index contributed by atoms with van der Waals surface area (Å²) in [6.45, 7) is 3.66. The smallest absolute Gasteiger partial charge is 0.310 e. The largest absolute Gasteiger partial charge is 0.451 e. The van der Waals surface area contributed by atoms with Crippen molar-refractivity contribution in [3.05, 3.63) is 47.7 Å². The minimum absolute atomic E-state index is 0.00720. The fraction of sp³-hybridized carbons (Fsp3) is 0.200. The van der Waals surface area contributed by atoms with Gasteiger partial charge < -0.3 is 4.42 Å². The van der Waals surface area contributed by atoms with Crippen LogP contribution in [0.1, 0.15) is 34.8 Å². The van der Waals surface area contributed by atoms with E-state index in [2.05, 4.69) is 5.48 Å². The van der Waals surface area contributed by atoms with Gasteiger partial charge in [-0.05, 0) is 26.0 Å². The first kappa shape index (κ1) is 14.0. The third kappa shape index (κ3) is 3.13. The number of Topliss-reactive ketones (excluding diaryl/α,β-unsaturated/α-hetero) is 1. The number of carbonyl (C=O) groups excluding carboxylic acids is 2. The molecule has 20 heavy (non-hydrogen) atoms. The molecule has 0 unspecified atom stereocenters. The predicted octanol–water partition coefficient (Wildman–Crippen LogP) is 2.83. The Labute approximate surface area is 116 Å². The van der Waals surface area contributed by atoms with Gasteiger partial charge in [-0.15, -0.1) is 0 Å². The second kappa shape index (κ2) is 6.16. The topological polar surface area (TPSA) is 68.5 Å². The van der Waals surface area contributed by atoms with Crippen LogP contribution < -0.4 is 5.48 Å². The molecule has 0 atom stereocenters. The minimum atomic E-state index is -0.432. The molecule has 5 heteroatoms. The molecule has 0 saturated heterocycles. The Morgan fingerprint density at radius 2 is 1.85 bits per heavy atom. The molecule has 1 aromatic carbocycles. The van der Waals surface area contributed by atoms with E-state index in [1.807, 2.05) is 0 Å². The predicted molar refractivity (Wildman–Crippen MR) is 73.2 cm³/mol. The SMILES string of the molecule is CCONC(=O)c1ccc(-c2ccc(C(C)=O)cc2)o1. The van der Waals surface area contributed by atoms with Crippen molar-refractivity contribution < 1.29 is 18.8 Å². The fourth-order valence-corrected chi connectivity index (χ4v) is 1.67. The van der Waals surface area contributed by atoms with Crippen LogP contribution in [0.2, 0.25) is 0 Å². The molecule has 1 aromatic heterocycles. The highest BCUT2D eigenvalue weighted by molar-refractivity contribution is 5.94. The van der Waals surface area contributed by atoms with Gasteiger partial charge in [0.15, 0.2) is 11.5 Å². The lowest BCUT2D eigenvalue weighted by Gasteiger charge is -2.01. The summed E-state index contributed by atoms with van der Waals surface area (Å²) in [4.78, 5) is 27.6. The molecule has 0 aliphatic rings. The molecule has 0 aliphatic heterocycles. The van der Waals surface area contributed by atoms with Crippen LogP contribution in [0.15, 0.2) is 40.8 Å². The summed E-state index contributed by atoms with van der Waals surface area (Å²) in [5.41, 5.74) is 3.69. The zero-order valence-corrected chi connectivity index (χ0v) is 11.3. The average Bonchev–Trinajstić information content (AvgIpc) is 2.94. The van der Waals surface area contributed by atoms with E-state index in [-0.39, 0.29) is 11.5 Å². The maximum atomic E-state index is 11.6. The maximum Gasteiger partial charge on any atom is 0.310 e. The molecule has 1 N–H and O–H groups in total. The lowest BCUT2D eigenvalue weighted by atomic mass is 10.1. The van der Waals surface area contributed by atoms with Gasteiger partial charge in [0.2, 0.25) is 0 Å². The van der Waals surface area contributed by atoms with Gasteiger partial charge in [-0.25, -0.2) is 5.48 Å². The monoisotopic (exact) mass is 273 g/mol. The molecule has 0 bridgehead atoms. The van der Waals surface area contributed by atoms with Crippen LogP contribution in [-0.4, -0.2) is 18.3 Å². The standard InChI is InChI=1S/C15H15NO4/c1-3-19-16-15(18)14-9-8-13(20-14)12-6-4-11(5-7-12)10(2)17/h4-9H,3H2,1-2H3,(H,16,18). The number of carbonyl (C=O) groups is 2. The Morgan fingerprint density at radius 1 is 1.15 bits per heavy atom. The Hall–Kier alpha value is -2.40. The van der Waals surface area contributed by atoms with E-state index in [0.29, 0.717) is 17.9 Å². The van der Waals surface area contributed by atoms with E-state index in [1.54, 1.807) is 43.3 Å². The highest BCUT2D eigenvalue weighted by atomic mass is 16.7. The van der Waals surface area contributed by atoms with Crippen LogP contribution >= 0.6 is 0 Å². The van der Waals surface area contributed by atoms with Crippen LogP contribution in [0.25, 0.3) is 11.3 Å². The number of furan rings is 1. The van der Waals surface area contributed by atoms with Crippen molar-refractivity contribution in [2.24, 2.45) is 0 Å². The summed E-state index contributed by atoms with van der Waals surface area (Å²) in [7, 11) is 0. The molecule has 0 radical (unpaired) electrons. The molecule has 1 heterocycles. The number of hydrogen-bond donors (Lipinski definition) is 1. The van der Waals surface area contributed by atoms with E-state index in [9.17, 15) is 9.59 Å². The van der Waals surface area contributed by atoms with E-state index < -0.39 is 5.91 Å². The molecular weight excluding hydrogens is 258 g/mol. The third-order valence-corrected chi connectivity index (χ3v) is 2.71. The number of ketones is 1. The third-order valence-electron chi connectivity index (χ3n) is 2.71. The minimum Gasteiger partial charge on any atom is -0.451 e. The van der Waals surface area contributed by atoms with Gasteiger partial charge in [-0.3, -0.25) is 14.4 Å². The first-order valence-corrected chi connectivity index (χ1v) is 6.25. The van der Waals surface area contributed by atoms with E-state index >= 15 is 0 Å². The van der Waals surface area contributed by atoms with Crippen molar-refractivity contribution in [2.45, 2.75) is 13.8 Å². The zero-order chi connectivity index (χ0) is 14.5. The van der Waals surface area contributed by atoms with E-state index in [1.165, 1.54) is 6.92 Å². The molecule has 0 aliphatic carbocycles. The summed E-state index contributed by atoms with van der Waals surface area (Å²) in [5, 5.41) is 0. The van der Waals surface area contributed by atoms with Crippen molar-refractivity contribution in [2.75, 3.05) is 6.61 Å². The van der Waals surface area contributed by atoms with Gasteiger partial charge in [0, 0.05) is 11.1 Å². The summed E-state index contributed by atoms with van der Waals surface area (Å²) in [5.74, 6) is 0.303. The summed E-state index contributed by atoms with van der Waals surface area (Å²) >= 11 is 0. The molecular formula is C15H15NO4. The molecule has 2 rings (SSSR count). The average molecular weight is 273 g/mol. The first-order chi connectivity index (χ1) is 9.61. The zero-order valence-electron chi connectivity index (χ0n) is 11.3. The van der Waals surface area contributed by atoms with Gasteiger partial charge in [0.25, 0.3) is 0 Å². The summed E-state index contributed by atoms with van der Waals surface area (Å²) < 4.78 is 5.45. The van der Waals surface area contributed by atoms with Crippen LogP contribution in [0.3, 0.4) is 0 Å². The number of hydroxylamine groups is 1. The second-order valence-corrected chi connectivity index (χ2v) is 4.16. The Bertz CT molecular complexity index is 613. The molecule has 2 aromatic rings. The number of nitrogens with one attached hydrogen (secondary N) is 1. The molecule has 104 valence electrons. The van der Waals surface area contributed by atoms with Crippen molar-refractivity contribution >= 4 is 11.7 Å². The van der Waals surface area contributed by atoms with Crippen LogP contribution in [0, 0.1) is 0 Å². The first-order valence-electron chi connectivity index (χ1n) is 6.25. The number of rotatable bonds is 5. The van der Waals surface area contributed by atoms with Crippen LogP contribution in [0.4, 0.5) is 0 Å². The van der Waals surface area contributed by atoms with E-state index in [0.717, 1.165) is 5.56 Å². The number of amides is 1. The summed E-state index contributed by atoms with van der Waals surface area (Å²) in [6, 6.07) is 10.3. The molecule has 1 amide bonds. The quantitative estimate of drug-likeness (QED) is 0.672. The normalized spacial score (nSPS) is 10.3. The lowest BCUT2D eigenvalue weighted by molar-refractivity contribution is 0.0341. The van der Waals surface area contributed by atoms with Crippen LogP contribution in [-0.2, 0) is 4.84 Å². The fourth-order valence-electron chi connectivity index (χ4n) is 1.67. The number of hydrogen-bond acceptors (Lipinski definition) is 4. The van der Waals surface area contributed by atoms with Gasteiger partial charge in [-0.2, -0.15) is 0 Å². The lowest BCUT2D eigenvalue weighted by Crippen LogP contribution is -2.22. The van der Waals surface area contributed by atoms with Gasteiger partial charge in [0.05, 0.1) is 6.61 Å². The van der Waals surface area contributed by atoms with Crippen molar-refractivity contribution in [3.8, 4) is 11.3 Å². The van der Waals surface area contributed by atoms with Crippen molar-refractivity contribution in [1.82, 2.24) is 5.48 Å². The Kier molecular flexibility index (Phi) is 4.32. The van der Waals surface area contributed by atoms with Crippen molar-refractivity contribution in [3.63, 3.8) is 0 Å². The van der Waals surface area contributed by atoms with Gasteiger partial charge >= 0.3 is 5.91 Å². The molecule has 5 nitrogen and oxygen atoms in total. The van der Waals surface area contributed by atoms with Crippen molar-refractivity contribution in [1.29, 1.82) is 0 Å². The molecule has 0 saturated carbocycles. The summed E-state index contributed by atoms with van der Waals surface area (Å²) in [6.07, 6.45) is 0. The van der Waals surface area contributed by atoms with Crippen LogP contribution in [0.5, 0.6) is 0 Å². The Balaban J connectivity index is 2.16. The molecule has 0 spiro atoms. The highest BCUT2D eigenvalue weighted by Gasteiger charge is 2.12. The maximum absolute atomic E-state index is 11.6. The van der Waals surface area contributed by atoms with Gasteiger partial charge in [-0.1, -0.05) is 24.3 Å².